The first kappa shape index (κ1) is 20.4. The van der Waals surface area contributed by atoms with Crippen molar-refractivity contribution in [1.82, 2.24) is 0 Å². The Morgan fingerprint density at radius 3 is 1.93 bits per heavy atom. The summed E-state index contributed by atoms with van der Waals surface area (Å²) < 4.78 is 37.3. The van der Waals surface area contributed by atoms with E-state index in [0.29, 0.717) is 0 Å². The van der Waals surface area contributed by atoms with Gasteiger partial charge in [-0.05, 0) is 37.6 Å². The zero-order chi connectivity index (χ0) is 20.2. The fraction of sp³-hybridized carbons (Fsp3) is 0.263. The molecule has 0 radical (unpaired) electrons. The lowest BCUT2D eigenvalue weighted by Crippen LogP contribution is -2.26. The monoisotopic (exact) mass is 391 g/mol. The normalized spacial score (nSPS) is 11.1. The molecular weight excluding hydrogens is 370 g/mol. The first-order valence-corrected chi connectivity index (χ1v) is 9.53. The van der Waals surface area contributed by atoms with Crippen LogP contribution in [0, 0.1) is 13.8 Å². The van der Waals surface area contributed by atoms with Crippen LogP contribution >= 0.6 is 0 Å². The second-order valence-electron chi connectivity index (χ2n) is 5.99. The first-order chi connectivity index (χ1) is 12.7. The number of benzene rings is 2. The molecule has 2 aromatic rings. The minimum absolute atomic E-state index is 0.0632. The molecular formula is C19H21NO6S. The third-order valence-corrected chi connectivity index (χ3v) is 5.35. The number of hydrogen-bond acceptors (Lipinski definition) is 6. The van der Waals surface area contributed by atoms with E-state index in [0.717, 1.165) is 25.3 Å². The van der Waals surface area contributed by atoms with Crippen LogP contribution in [0.25, 0.3) is 0 Å². The van der Waals surface area contributed by atoms with Crippen molar-refractivity contribution in [1.29, 1.82) is 0 Å². The molecule has 0 atom stereocenters. The van der Waals surface area contributed by atoms with Crippen LogP contribution in [0.15, 0.2) is 47.4 Å². The molecule has 0 saturated heterocycles. The zero-order valence-corrected chi connectivity index (χ0v) is 16.3. The lowest BCUT2D eigenvalue weighted by Gasteiger charge is -2.18. The second-order valence-corrected chi connectivity index (χ2v) is 7.67. The number of methoxy groups -OCH3 is 2. The maximum absolute atomic E-state index is 12.7. The van der Waals surface area contributed by atoms with Gasteiger partial charge in [-0.3, -0.25) is 14.3 Å². The van der Waals surface area contributed by atoms with E-state index < -0.39 is 27.9 Å². The van der Waals surface area contributed by atoms with Gasteiger partial charge in [0.05, 0.1) is 24.8 Å². The van der Waals surface area contributed by atoms with Crippen LogP contribution in [0.2, 0.25) is 0 Å². The number of ether oxygens (including phenoxy) is 2. The van der Waals surface area contributed by atoms with Crippen molar-refractivity contribution in [3.05, 3.63) is 59.2 Å². The highest BCUT2D eigenvalue weighted by molar-refractivity contribution is 7.92. The fourth-order valence-electron chi connectivity index (χ4n) is 2.52. The molecule has 2 rings (SSSR count). The van der Waals surface area contributed by atoms with Crippen molar-refractivity contribution in [3.8, 4) is 0 Å². The van der Waals surface area contributed by atoms with Crippen molar-refractivity contribution in [3.63, 3.8) is 0 Å². The molecule has 0 unspecified atom stereocenters. The molecule has 27 heavy (non-hydrogen) atoms. The van der Waals surface area contributed by atoms with Gasteiger partial charge < -0.3 is 9.47 Å². The van der Waals surface area contributed by atoms with E-state index in [1.807, 2.05) is 6.92 Å². The Hall–Kier alpha value is -2.87. The molecule has 0 aliphatic rings. The average Bonchev–Trinajstić information content (AvgIpc) is 2.63. The lowest BCUT2D eigenvalue weighted by molar-refractivity contribution is -0.154. The molecule has 0 saturated carbocycles. The zero-order valence-electron chi connectivity index (χ0n) is 15.5. The summed E-state index contributed by atoms with van der Waals surface area (Å²) in [5.74, 6) is -3.10. The summed E-state index contributed by atoms with van der Waals surface area (Å²) in [6.07, 6.45) is 0. The predicted octanol–water partition coefficient (Wildman–Crippen LogP) is 2.53. The van der Waals surface area contributed by atoms with Gasteiger partial charge in [0.15, 0.2) is 5.92 Å². The molecule has 8 heteroatoms. The molecule has 0 amide bonds. The summed E-state index contributed by atoms with van der Waals surface area (Å²) in [5.41, 5.74) is 1.92. The van der Waals surface area contributed by atoms with Gasteiger partial charge in [0, 0.05) is 5.56 Å². The van der Waals surface area contributed by atoms with Crippen LogP contribution < -0.4 is 4.72 Å². The highest BCUT2D eigenvalue weighted by atomic mass is 32.2. The molecule has 0 heterocycles. The molecule has 2 aromatic carbocycles. The van der Waals surface area contributed by atoms with E-state index in [9.17, 15) is 18.0 Å². The third-order valence-electron chi connectivity index (χ3n) is 3.97. The van der Waals surface area contributed by atoms with Crippen molar-refractivity contribution >= 4 is 27.6 Å². The molecule has 1 N–H and O–H groups in total. The highest BCUT2D eigenvalue weighted by Crippen LogP contribution is 2.30. The van der Waals surface area contributed by atoms with Gasteiger partial charge in [-0.25, -0.2) is 8.42 Å². The Kier molecular flexibility index (Phi) is 6.22. The largest absolute Gasteiger partial charge is 0.468 e. The number of aryl methyl sites for hydroxylation is 2. The maximum atomic E-state index is 12.7. The van der Waals surface area contributed by atoms with Gasteiger partial charge in [-0.15, -0.1) is 0 Å². The molecule has 144 valence electrons. The minimum atomic E-state index is -3.92. The van der Waals surface area contributed by atoms with Crippen LogP contribution in [0.3, 0.4) is 0 Å². The van der Waals surface area contributed by atoms with Crippen molar-refractivity contribution in [2.24, 2.45) is 0 Å². The second kappa shape index (κ2) is 8.22. The quantitative estimate of drug-likeness (QED) is 0.600. The fourth-order valence-corrected chi connectivity index (χ4v) is 3.60. The Morgan fingerprint density at radius 2 is 1.41 bits per heavy atom. The van der Waals surface area contributed by atoms with Crippen LogP contribution in [0.4, 0.5) is 5.69 Å². The van der Waals surface area contributed by atoms with Crippen LogP contribution in [0.5, 0.6) is 0 Å². The van der Waals surface area contributed by atoms with Crippen LogP contribution in [0.1, 0.15) is 22.6 Å². The standard InChI is InChI=1S/C19H21NO6S/c1-12-5-8-14(9-6-12)27(23,24)20-16-11-13(2)7-10-15(16)17(18(21)25-3)19(22)26-4/h5-11,17,20H,1-4H3. The van der Waals surface area contributed by atoms with E-state index in [1.54, 1.807) is 31.2 Å². The van der Waals surface area contributed by atoms with Crippen molar-refractivity contribution < 1.29 is 27.5 Å². The Labute approximate surface area is 158 Å². The molecule has 7 nitrogen and oxygen atoms in total. The summed E-state index contributed by atoms with van der Waals surface area (Å²) in [4.78, 5) is 24.3. The van der Waals surface area contributed by atoms with Gasteiger partial charge in [0.2, 0.25) is 0 Å². The number of rotatable bonds is 6. The summed E-state index contributed by atoms with van der Waals surface area (Å²) in [6.45, 7) is 3.61. The topological polar surface area (TPSA) is 98.8 Å². The highest BCUT2D eigenvalue weighted by Gasteiger charge is 2.33. The van der Waals surface area contributed by atoms with E-state index in [2.05, 4.69) is 14.2 Å². The Balaban J connectivity index is 2.53. The van der Waals surface area contributed by atoms with Gasteiger partial charge in [0.1, 0.15) is 0 Å². The summed E-state index contributed by atoms with van der Waals surface area (Å²) >= 11 is 0. The number of anilines is 1. The number of sulfonamides is 1. The Bertz CT molecular complexity index is 935. The van der Waals surface area contributed by atoms with Crippen LogP contribution in [-0.2, 0) is 29.1 Å². The maximum Gasteiger partial charge on any atom is 0.324 e. The number of nitrogens with one attached hydrogen (secondary N) is 1. The lowest BCUT2D eigenvalue weighted by atomic mass is 9.96. The van der Waals surface area contributed by atoms with E-state index >= 15 is 0 Å². The van der Waals surface area contributed by atoms with Gasteiger partial charge in [-0.1, -0.05) is 29.8 Å². The first-order valence-electron chi connectivity index (χ1n) is 8.05. The number of hydrogen-bond donors (Lipinski definition) is 1. The molecule has 0 aliphatic carbocycles. The van der Waals surface area contributed by atoms with Crippen LogP contribution in [-0.4, -0.2) is 34.6 Å². The number of carbonyl (C=O) groups is 2. The molecule has 0 aliphatic heterocycles. The van der Waals surface area contributed by atoms with E-state index in [1.165, 1.54) is 18.2 Å². The number of esters is 2. The molecule has 0 bridgehead atoms. The third kappa shape index (κ3) is 4.65. The summed E-state index contributed by atoms with van der Waals surface area (Å²) in [6, 6.07) is 11.0. The summed E-state index contributed by atoms with van der Waals surface area (Å²) in [5, 5.41) is 0. The van der Waals surface area contributed by atoms with Crippen molar-refractivity contribution in [2.45, 2.75) is 24.7 Å². The Morgan fingerprint density at radius 1 is 0.889 bits per heavy atom. The smallest absolute Gasteiger partial charge is 0.324 e. The average molecular weight is 391 g/mol. The van der Waals surface area contributed by atoms with Gasteiger partial charge >= 0.3 is 11.9 Å². The number of carbonyl (C=O) groups excluding carboxylic acids is 2. The SMILES string of the molecule is COC(=O)C(C(=O)OC)c1ccc(C)cc1NS(=O)(=O)c1ccc(C)cc1. The van der Waals surface area contributed by atoms with Gasteiger partial charge in [0.25, 0.3) is 10.0 Å². The van der Waals surface area contributed by atoms with E-state index in [4.69, 9.17) is 0 Å². The van der Waals surface area contributed by atoms with E-state index in [-0.39, 0.29) is 16.1 Å². The molecule has 0 aromatic heterocycles. The molecule has 0 fully saturated rings. The van der Waals surface area contributed by atoms with Gasteiger partial charge in [-0.2, -0.15) is 0 Å². The predicted molar refractivity (Wildman–Crippen MR) is 99.9 cm³/mol. The van der Waals surface area contributed by atoms with Crippen molar-refractivity contribution in [2.75, 3.05) is 18.9 Å². The molecule has 0 spiro atoms. The summed E-state index contributed by atoms with van der Waals surface area (Å²) in [7, 11) is -1.64. The minimum Gasteiger partial charge on any atom is -0.468 e.